The molecule has 1 N–H and O–H groups in total. The number of aryl methyl sites for hydroxylation is 1. The number of benzene rings is 1. The van der Waals surface area contributed by atoms with Crippen molar-refractivity contribution in [2.24, 2.45) is 9.98 Å². The van der Waals surface area contributed by atoms with Crippen LogP contribution >= 0.6 is 0 Å². The van der Waals surface area contributed by atoms with Crippen molar-refractivity contribution in [2.45, 2.75) is 33.1 Å². The lowest BCUT2D eigenvalue weighted by Gasteiger charge is -2.27. The fraction of sp³-hybridized carbons (Fsp3) is 0.375. The molecule has 2 aliphatic heterocycles. The van der Waals surface area contributed by atoms with E-state index in [0.29, 0.717) is 0 Å². The maximum atomic E-state index is 4.64. The molecular weight excluding hydrogens is 234 g/mol. The van der Waals surface area contributed by atoms with Gasteiger partial charge >= 0.3 is 0 Å². The van der Waals surface area contributed by atoms with Gasteiger partial charge in [0.2, 0.25) is 0 Å². The number of amidine groups is 1. The Balaban J connectivity index is 2.10. The normalized spacial score (nSPS) is 22.5. The van der Waals surface area contributed by atoms with E-state index in [2.05, 4.69) is 54.3 Å². The number of aliphatic imine (C=N–C) groups is 2. The van der Waals surface area contributed by atoms with Gasteiger partial charge in [-0.2, -0.15) is 0 Å². The molecule has 1 unspecified atom stereocenters. The van der Waals surface area contributed by atoms with Gasteiger partial charge in [-0.25, -0.2) is 0 Å². The Kier molecular flexibility index (Phi) is 2.97. The van der Waals surface area contributed by atoms with Crippen LogP contribution in [0.1, 0.15) is 37.3 Å². The van der Waals surface area contributed by atoms with Gasteiger partial charge in [0.25, 0.3) is 0 Å². The van der Waals surface area contributed by atoms with Gasteiger partial charge in [-0.1, -0.05) is 24.6 Å². The molecule has 19 heavy (non-hydrogen) atoms. The summed E-state index contributed by atoms with van der Waals surface area (Å²) < 4.78 is 0. The van der Waals surface area contributed by atoms with E-state index in [4.69, 9.17) is 0 Å². The lowest BCUT2D eigenvalue weighted by molar-refractivity contribution is 0.931. The van der Waals surface area contributed by atoms with E-state index in [1.807, 2.05) is 6.20 Å². The van der Waals surface area contributed by atoms with Crippen molar-refractivity contribution in [1.82, 2.24) is 0 Å². The first-order chi connectivity index (χ1) is 9.20. The van der Waals surface area contributed by atoms with E-state index in [9.17, 15) is 0 Å². The molecule has 0 fully saturated rings. The topological polar surface area (TPSA) is 36.8 Å². The van der Waals surface area contributed by atoms with Gasteiger partial charge in [0.05, 0.1) is 11.6 Å². The quantitative estimate of drug-likeness (QED) is 0.857. The van der Waals surface area contributed by atoms with Crippen LogP contribution in [-0.4, -0.2) is 18.1 Å². The van der Waals surface area contributed by atoms with Gasteiger partial charge in [0, 0.05) is 18.4 Å². The number of allylic oxidation sites excluding steroid dienone is 1. The molecule has 0 saturated heterocycles. The maximum absolute atomic E-state index is 4.64. The predicted octanol–water partition coefficient (Wildman–Crippen LogP) is 3.67. The van der Waals surface area contributed by atoms with Crippen molar-refractivity contribution in [2.75, 3.05) is 11.9 Å². The zero-order chi connectivity index (χ0) is 13.4. The summed E-state index contributed by atoms with van der Waals surface area (Å²) in [6, 6.07) is 6.54. The highest BCUT2D eigenvalue weighted by Crippen LogP contribution is 2.39. The van der Waals surface area contributed by atoms with E-state index >= 15 is 0 Å². The molecule has 0 bridgehead atoms. The van der Waals surface area contributed by atoms with E-state index in [1.165, 1.54) is 22.4 Å². The largest absolute Gasteiger partial charge is 0.339 e. The number of anilines is 1. The number of nitrogens with zero attached hydrogens (tertiary/aromatic N) is 2. The molecule has 1 aromatic carbocycles. The minimum Gasteiger partial charge on any atom is -0.339 e. The summed E-state index contributed by atoms with van der Waals surface area (Å²) in [7, 11) is 0. The lowest BCUT2D eigenvalue weighted by atomic mass is 9.84. The Labute approximate surface area is 114 Å². The van der Waals surface area contributed by atoms with Crippen LogP contribution in [0, 0.1) is 6.92 Å². The standard InChI is InChI=1S/C16H19N3/c1-4-7-17-16-15-14(11(3)9-18-15)12-8-10(2)5-6-13(12)19-16/h5-6,8-9,14H,4,7H2,1-3H3,(H,17,19). The SMILES string of the molecule is CCCN=C1Nc2ccc(C)cc2C2C(C)=CN=C12. The molecule has 2 aliphatic rings. The van der Waals surface area contributed by atoms with Crippen LogP contribution in [0.3, 0.4) is 0 Å². The van der Waals surface area contributed by atoms with Gasteiger partial charge in [0.1, 0.15) is 5.84 Å². The molecule has 3 nitrogen and oxygen atoms in total. The van der Waals surface area contributed by atoms with E-state index in [1.54, 1.807) is 0 Å². The van der Waals surface area contributed by atoms with Crippen molar-refractivity contribution >= 4 is 17.2 Å². The first-order valence-electron chi connectivity index (χ1n) is 6.87. The zero-order valence-corrected chi connectivity index (χ0v) is 11.7. The first-order valence-corrected chi connectivity index (χ1v) is 6.87. The average Bonchev–Trinajstić information content (AvgIpc) is 2.79. The van der Waals surface area contributed by atoms with Crippen molar-refractivity contribution < 1.29 is 0 Å². The molecule has 0 radical (unpaired) electrons. The number of fused-ring (bicyclic) bond motifs is 3. The molecule has 0 aromatic heterocycles. The van der Waals surface area contributed by atoms with Crippen LogP contribution in [-0.2, 0) is 0 Å². The summed E-state index contributed by atoms with van der Waals surface area (Å²) in [5.41, 5.74) is 6.14. The Bertz CT molecular complexity index is 608. The van der Waals surface area contributed by atoms with E-state index in [0.717, 1.165) is 24.5 Å². The second-order valence-corrected chi connectivity index (χ2v) is 5.27. The number of rotatable bonds is 2. The average molecular weight is 253 g/mol. The Morgan fingerprint density at radius 2 is 2.16 bits per heavy atom. The zero-order valence-electron chi connectivity index (χ0n) is 11.7. The number of hydrogen-bond donors (Lipinski definition) is 1. The van der Waals surface area contributed by atoms with Gasteiger partial charge in [-0.3, -0.25) is 9.98 Å². The summed E-state index contributed by atoms with van der Waals surface area (Å²) in [5.74, 6) is 1.23. The van der Waals surface area contributed by atoms with Crippen LogP contribution < -0.4 is 5.32 Å². The lowest BCUT2D eigenvalue weighted by Crippen LogP contribution is -2.33. The molecule has 1 atom stereocenters. The monoisotopic (exact) mass is 253 g/mol. The third-order valence-corrected chi connectivity index (χ3v) is 3.64. The molecule has 0 aliphatic carbocycles. The van der Waals surface area contributed by atoms with E-state index < -0.39 is 0 Å². The molecule has 2 heterocycles. The molecule has 3 heteroatoms. The van der Waals surface area contributed by atoms with Crippen molar-refractivity contribution in [3.63, 3.8) is 0 Å². The van der Waals surface area contributed by atoms with Crippen molar-refractivity contribution in [3.05, 3.63) is 41.1 Å². The Hall–Kier alpha value is -1.90. The molecule has 3 rings (SSSR count). The first kappa shape index (κ1) is 12.2. The molecule has 98 valence electrons. The second kappa shape index (κ2) is 4.65. The molecule has 0 saturated carbocycles. The van der Waals surface area contributed by atoms with Gasteiger partial charge < -0.3 is 5.32 Å². The molecule has 0 amide bonds. The highest BCUT2D eigenvalue weighted by molar-refractivity contribution is 6.50. The van der Waals surface area contributed by atoms with Crippen LogP contribution in [0.4, 0.5) is 5.69 Å². The maximum Gasteiger partial charge on any atom is 0.148 e. The summed E-state index contributed by atoms with van der Waals surface area (Å²) in [4.78, 5) is 9.20. The summed E-state index contributed by atoms with van der Waals surface area (Å²) >= 11 is 0. The molecule has 1 aromatic rings. The smallest absolute Gasteiger partial charge is 0.148 e. The van der Waals surface area contributed by atoms with Crippen LogP contribution in [0.2, 0.25) is 0 Å². The third kappa shape index (κ3) is 1.99. The highest BCUT2D eigenvalue weighted by atomic mass is 15.0. The van der Waals surface area contributed by atoms with Crippen molar-refractivity contribution in [3.8, 4) is 0 Å². The summed E-state index contributed by atoms with van der Waals surface area (Å²) in [6.45, 7) is 7.26. The Morgan fingerprint density at radius 3 is 2.95 bits per heavy atom. The fourth-order valence-corrected chi connectivity index (χ4v) is 2.70. The second-order valence-electron chi connectivity index (χ2n) is 5.27. The van der Waals surface area contributed by atoms with E-state index in [-0.39, 0.29) is 5.92 Å². The van der Waals surface area contributed by atoms with Gasteiger partial charge in [0.15, 0.2) is 0 Å². The highest BCUT2D eigenvalue weighted by Gasteiger charge is 2.33. The number of nitrogens with one attached hydrogen (secondary N) is 1. The van der Waals surface area contributed by atoms with Crippen LogP contribution in [0.5, 0.6) is 0 Å². The summed E-state index contributed by atoms with van der Waals surface area (Å²) in [6.07, 6.45) is 3.02. The fourth-order valence-electron chi connectivity index (χ4n) is 2.70. The van der Waals surface area contributed by atoms with Crippen LogP contribution in [0.25, 0.3) is 0 Å². The molecular formula is C16H19N3. The van der Waals surface area contributed by atoms with Gasteiger partial charge in [-0.15, -0.1) is 0 Å². The minimum atomic E-state index is 0.284. The minimum absolute atomic E-state index is 0.284. The number of hydrogen-bond acceptors (Lipinski definition) is 2. The molecule has 0 spiro atoms. The van der Waals surface area contributed by atoms with Crippen molar-refractivity contribution in [1.29, 1.82) is 0 Å². The third-order valence-electron chi connectivity index (χ3n) is 3.64. The predicted molar refractivity (Wildman–Crippen MR) is 81.3 cm³/mol. The van der Waals surface area contributed by atoms with Crippen LogP contribution in [0.15, 0.2) is 40.0 Å². The van der Waals surface area contributed by atoms with Gasteiger partial charge in [-0.05, 0) is 37.5 Å². The summed E-state index contributed by atoms with van der Waals surface area (Å²) in [5, 5.41) is 3.44. The Morgan fingerprint density at radius 1 is 1.32 bits per heavy atom.